The van der Waals surface area contributed by atoms with E-state index in [1.165, 1.54) is 27.6 Å². The fourth-order valence-electron chi connectivity index (χ4n) is 4.60. The Balaban J connectivity index is 1.29. The molecule has 1 amide bonds. The second kappa shape index (κ2) is 17.0. The van der Waals surface area contributed by atoms with Crippen molar-refractivity contribution in [2.24, 2.45) is 11.8 Å². The Kier molecular flexibility index (Phi) is 13.7. The van der Waals surface area contributed by atoms with Crippen molar-refractivity contribution in [2.75, 3.05) is 18.5 Å². The predicted molar refractivity (Wildman–Crippen MR) is 165 cm³/mol. The quantitative estimate of drug-likeness (QED) is 0.0604. The molecule has 3 aliphatic rings. The van der Waals surface area contributed by atoms with Gasteiger partial charge in [0.25, 0.3) is 5.56 Å². The monoisotopic (exact) mass is 638 g/mol. The molecule has 238 valence electrons. The minimum absolute atomic E-state index is 0.0611. The van der Waals surface area contributed by atoms with Crippen molar-refractivity contribution in [3.63, 3.8) is 0 Å². The molecule has 13 heteroatoms. The summed E-state index contributed by atoms with van der Waals surface area (Å²) in [5.74, 6) is -2.00. The van der Waals surface area contributed by atoms with Crippen LogP contribution in [0.1, 0.15) is 65.7 Å². The van der Waals surface area contributed by atoms with Crippen molar-refractivity contribution in [3.8, 4) is 10.6 Å². The second-order valence-electron chi connectivity index (χ2n) is 11.1. The molecule has 6 unspecified atom stereocenters. The van der Waals surface area contributed by atoms with Gasteiger partial charge in [-0.25, -0.2) is 4.79 Å². The highest BCUT2D eigenvalue weighted by atomic mass is 32.9. The van der Waals surface area contributed by atoms with E-state index in [9.17, 15) is 34.5 Å². The average molecular weight is 639 g/mol. The Bertz CT molecular complexity index is 1290. The van der Waals surface area contributed by atoms with Crippen LogP contribution in [0.15, 0.2) is 34.0 Å². The Morgan fingerprint density at radius 2 is 1.91 bits per heavy atom. The number of anilines is 1. The second-order valence-corrected chi connectivity index (χ2v) is 13.1. The van der Waals surface area contributed by atoms with Gasteiger partial charge in [-0.05, 0) is 44.6 Å². The van der Waals surface area contributed by atoms with Gasteiger partial charge in [-0.3, -0.25) is 14.4 Å². The van der Waals surface area contributed by atoms with E-state index in [2.05, 4.69) is 10.3 Å². The Morgan fingerprint density at radius 3 is 2.65 bits per heavy atom. The topological polar surface area (TPSA) is 175 Å². The molecule has 1 fully saturated rings. The van der Waals surface area contributed by atoms with Gasteiger partial charge in [-0.1, -0.05) is 59.0 Å². The number of aromatic nitrogens is 1. The third kappa shape index (κ3) is 10.2. The van der Waals surface area contributed by atoms with E-state index in [4.69, 9.17) is 9.47 Å². The summed E-state index contributed by atoms with van der Waals surface area (Å²) < 4.78 is 10.8. The number of Topliss-reactive ketones (excluding diaryl/α,β-unsaturated/α-hetero) is 1. The number of nitrogens with one attached hydrogen (secondary N) is 2. The van der Waals surface area contributed by atoms with Gasteiger partial charge in [0.05, 0.1) is 29.9 Å². The maximum Gasteiger partial charge on any atom is 0.330 e. The molecule has 0 aliphatic carbocycles. The Morgan fingerprint density at radius 1 is 1.19 bits per heavy atom. The molecule has 3 aliphatic heterocycles. The number of hydrogen-bond donors (Lipinski definition) is 5. The molecule has 0 aromatic rings. The van der Waals surface area contributed by atoms with Crippen LogP contribution in [-0.4, -0.2) is 75.6 Å². The van der Waals surface area contributed by atoms with E-state index in [0.29, 0.717) is 31.4 Å². The highest BCUT2D eigenvalue weighted by molar-refractivity contribution is 7.70. The summed E-state index contributed by atoms with van der Waals surface area (Å²) in [5, 5.41) is 35.2. The van der Waals surface area contributed by atoms with Crippen LogP contribution in [0.4, 0.5) is 5.69 Å². The molecular formula is C30H42N2O9S2. The number of aliphatic hydroxyl groups excluding tert-OH is 3. The third-order valence-corrected chi connectivity index (χ3v) is 9.64. The number of aliphatic hydroxyl groups is 3. The molecule has 0 aromatic carbocycles. The fourth-order valence-corrected chi connectivity index (χ4v) is 6.76. The standard InChI is InChI=1S/C30H42N2O9S2/c1-17(19(3)33)10-9-11-20-15-41-28(27(38)26(20)37)25(36)18(2)14-23(35)40-13-8-6-4-5-7-12-22(34)32-24-29-21(16-42-43-29)31-30(24)39/h9-10,14,16-17,19-20,25-26,28,33,36-37H,4-8,11-13,15H2,1-3H3,(H,31,39)(H,32,34). The lowest BCUT2D eigenvalue weighted by Crippen LogP contribution is -2.51. The maximum atomic E-state index is 12.7. The summed E-state index contributed by atoms with van der Waals surface area (Å²) >= 11 is 0. The molecule has 1 saturated heterocycles. The Labute approximate surface area is 258 Å². The van der Waals surface area contributed by atoms with Gasteiger partial charge in [0, 0.05) is 23.8 Å². The smallest absolute Gasteiger partial charge is 0.330 e. The van der Waals surface area contributed by atoms with Gasteiger partial charge in [0.1, 0.15) is 24.0 Å². The van der Waals surface area contributed by atoms with E-state index in [-0.39, 0.29) is 36.2 Å². The summed E-state index contributed by atoms with van der Waals surface area (Å²) in [6.45, 7) is 5.30. The molecule has 43 heavy (non-hydrogen) atoms. The summed E-state index contributed by atoms with van der Waals surface area (Å²) in [6, 6.07) is 0. The van der Waals surface area contributed by atoms with Crippen LogP contribution in [0, 0.1) is 11.8 Å². The van der Waals surface area contributed by atoms with Crippen LogP contribution in [0.2, 0.25) is 0 Å². The largest absolute Gasteiger partial charge is 0.463 e. The van der Waals surface area contributed by atoms with E-state index in [1.54, 1.807) is 13.0 Å². The first-order chi connectivity index (χ1) is 20.5. The van der Waals surface area contributed by atoms with Gasteiger partial charge < -0.3 is 35.1 Å². The molecule has 11 nitrogen and oxygen atoms in total. The molecule has 5 N–H and O–H groups in total. The minimum atomic E-state index is -1.40. The van der Waals surface area contributed by atoms with Crippen molar-refractivity contribution in [1.82, 2.24) is 4.98 Å². The molecule has 0 spiro atoms. The van der Waals surface area contributed by atoms with E-state index in [0.717, 1.165) is 35.9 Å². The molecule has 0 aromatic heterocycles. The first-order valence-corrected chi connectivity index (χ1v) is 16.8. The average Bonchev–Trinajstić information content (AvgIpc) is 3.53. The molecule has 3 rings (SSSR count). The van der Waals surface area contributed by atoms with Crippen LogP contribution in [0.3, 0.4) is 0 Å². The number of ether oxygens (including phenoxy) is 2. The number of allylic oxidation sites excluding steroid dienone is 1. The highest BCUT2D eigenvalue weighted by Gasteiger charge is 2.41. The van der Waals surface area contributed by atoms with Crippen molar-refractivity contribution in [1.29, 1.82) is 0 Å². The van der Waals surface area contributed by atoms with Crippen LogP contribution < -0.4 is 10.9 Å². The molecular weight excluding hydrogens is 596 g/mol. The van der Waals surface area contributed by atoms with Gasteiger partial charge in [0.2, 0.25) is 5.91 Å². The summed E-state index contributed by atoms with van der Waals surface area (Å²) in [6.07, 6.45) is 4.75. The number of H-pyrrole nitrogens is 1. The molecule has 3 heterocycles. The summed E-state index contributed by atoms with van der Waals surface area (Å²) in [4.78, 5) is 52.6. The fraction of sp³-hybridized carbons (Fsp3) is 0.600. The number of ketones is 1. The number of fused-ring (bicyclic) bond motifs is 1. The van der Waals surface area contributed by atoms with Crippen LogP contribution in [0.5, 0.6) is 0 Å². The normalized spacial score (nSPS) is 21.7. The zero-order chi connectivity index (χ0) is 31.5. The lowest BCUT2D eigenvalue weighted by Gasteiger charge is -2.34. The van der Waals surface area contributed by atoms with Crippen LogP contribution in [0.25, 0.3) is 10.6 Å². The predicted octanol–water partition coefficient (Wildman–Crippen LogP) is 3.64. The number of esters is 1. The molecule has 0 radical (unpaired) electrons. The Hall–Kier alpha value is -2.68. The van der Waals surface area contributed by atoms with Crippen molar-refractivity contribution >= 4 is 44.0 Å². The first-order valence-electron chi connectivity index (χ1n) is 14.6. The van der Waals surface area contributed by atoms with E-state index >= 15 is 0 Å². The highest BCUT2D eigenvalue weighted by Crippen LogP contribution is 2.35. The van der Waals surface area contributed by atoms with Crippen molar-refractivity contribution < 1.29 is 39.2 Å². The minimum Gasteiger partial charge on any atom is -0.463 e. The van der Waals surface area contributed by atoms with Gasteiger partial charge in [-0.2, -0.15) is 0 Å². The number of unbranched alkanes of at least 4 members (excludes halogenated alkanes) is 4. The number of hydrogen-bond acceptors (Lipinski definition) is 11. The van der Waals surface area contributed by atoms with Crippen molar-refractivity contribution in [3.05, 3.63) is 39.5 Å². The zero-order valence-electron chi connectivity index (χ0n) is 24.7. The molecule has 0 saturated carbocycles. The molecule has 0 bridgehead atoms. The van der Waals surface area contributed by atoms with Gasteiger partial charge in [0.15, 0.2) is 5.78 Å². The number of carbonyl (C=O) groups excluding carboxylic acids is 3. The number of aromatic amines is 1. The van der Waals surface area contributed by atoms with Crippen molar-refractivity contribution in [2.45, 2.75) is 90.1 Å². The lowest BCUT2D eigenvalue weighted by atomic mass is 9.87. The lowest BCUT2D eigenvalue weighted by molar-refractivity contribution is -0.163. The third-order valence-electron chi connectivity index (χ3n) is 7.55. The zero-order valence-corrected chi connectivity index (χ0v) is 26.4. The summed E-state index contributed by atoms with van der Waals surface area (Å²) in [7, 11) is 2.94. The maximum absolute atomic E-state index is 12.7. The van der Waals surface area contributed by atoms with E-state index < -0.39 is 42.1 Å². The van der Waals surface area contributed by atoms with Gasteiger partial charge >= 0.3 is 5.97 Å². The van der Waals surface area contributed by atoms with E-state index in [1.807, 2.05) is 18.4 Å². The SMILES string of the molecule is CC(=CC(=O)OCCCCCCCC(=O)Nc1c2sscc-2[nH]c1=O)C(O)C1OCC(CC=CC(C)C(C)O)C(O)C1=O. The van der Waals surface area contributed by atoms with Crippen LogP contribution in [-0.2, 0) is 23.9 Å². The number of rotatable bonds is 16. The van der Waals surface area contributed by atoms with Crippen LogP contribution >= 0.6 is 20.7 Å². The number of amides is 1. The first kappa shape index (κ1) is 34.8. The summed E-state index contributed by atoms with van der Waals surface area (Å²) in [5.41, 5.74) is 0.965. The molecule has 6 atom stereocenters. The number of carbonyl (C=O) groups is 3. The van der Waals surface area contributed by atoms with Gasteiger partial charge in [-0.15, -0.1) is 0 Å².